The van der Waals surface area contributed by atoms with Gasteiger partial charge in [-0.25, -0.2) is 4.57 Å². The van der Waals surface area contributed by atoms with Gasteiger partial charge in [-0.15, -0.1) is 0 Å². The lowest BCUT2D eigenvalue weighted by atomic mass is 10.3. The molecule has 2 aromatic rings. The number of halogens is 1. The molecular formula is C12H10IO3P. The fourth-order valence-corrected chi connectivity index (χ4v) is 3.38. The van der Waals surface area contributed by atoms with E-state index < -0.39 is 5.24 Å². The van der Waals surface area contributed by atoms with E-state index in [4.69, 9.17) is 9.05 Å². The molecule has 0 atom stereocenters. The average Bonchev–Trinajstić information content (AvgIpc) is 2.30. The van der Waals surface area contributed by atoms with Gasteiger partial charge in [-0.3, -0.25) is 0 Å². The third-order valence-electron chi connectivity index (χ3n) is 1.92. The van der Waals surface area contributed by atoms with Crippen molar-refractivity contribution >= 4 is 27.3 Å². The quantitative estimate of drug-likeness (QED) is 0.586. The third-order valence-corrected chi connectivity index (χ3v) is 3.95. The Bertz CT molecular complexity index is 470. The Labute approximate surface area is 113 Å². The normalized spacial score (nSPS) is 10.9. The lowest BCUT2D eigenvalue weighted by Gasteiger charge is -2.14. The summed E-state index contributed by atoms with van der Waals surface area (Å²) < 4.78 is 22.7. The van der Waals surface area contributed by atoms with Crippen LogP contribution in [0.2, 0.25) is 0 Å². The summed E-state index contributed by atoms with van der Waals surface area (Å²) in [5.74, 6) is 1.06. The Morgan fingerprint density at radius 1 is 0.765 bits per heavy atom. The minimum absolute atomic E-state index is 0.529. The number of hydrogen-bond acceptors (Lipinski definition) is 3. The van der Waals surface area contributed by atoms with Crippen LogP contribution in [0, 0.1) is 0 Å². The van der Waals surface area contributed by atoms with Crippen molar-refractivity contribution < 1.29 is 13.6 Å². The van der Waals surface area contributed by atoms with E-state index in [9.17, 15) is 4.57 Å². The van der Waals surface area contributed by atoms with Gasteiger partial charge in [-0.2, -0.15) is 0 Å². The van der Waals surface area contributed by atoms with Crippen molar-refractivity contribution in [2.75, 3.05) is 0 Å². The van der Waals surface area contributed by atoms with Crippen LogP contribution in [-0.2, 0) is 4.57 Å². The van der Waals surface area contributed by atoms with Crippen LogP contribution in [0.5, 0.6) is 11.5 Å². The van der Waals surface area contributed by atoms with Crippen LogP contribution >= 0.6 is 27.3 Å². The van der Waals surface area contributed by atoms with Crippen LogP contribution < -0.4 is 9.05 Å². The van der Waals surface area contributed by atoms with Crippen molar-refractivity contribution in [2.24, 2.45) is 0 Å². The Balaban J connectivity index is 2.07. The molecule has 0 aliphatic heterocycles. The van der Waals surface area contributed by atoms with Crippen LogP contribution in [0.25, 0.3) is 0 Å². The molecule has 88 valence electrons. The fourth-order valence-electron chi connectivity index (χ4n) is 1.23. The van der Waals surface area contributed by atoms with Crippen molar-refractivity contribution in [3.63, 3.8) is 0 Å². The first-order valence-electron chi connectivity index (χ1n) is 4.95. The number of para-hydroxylation sites is 2. The molecular weight excluding hydrogens is 350 g/mol. The van der Waals surface area contributed by atoms with E-state index in [1.165, 1.54) is 0 Å². The molecule has 0 aliphatic carbocycles. The summed E-state index contributed by atoms with van der Waals surface area (Å²) in [6.45, 7) is 0. The lowest BCUT2D eigenvalue weighted by molar-refractivity contribution is 0.412. The van der Waals surface area contributed by atoms with Gasteiger partial charge in [-0.1, -0.05) is 36.4 Å². The maximum absolute atomic E-state index is 12.1. The maximum Gasteiger partial charge on any atom is 0.490 e. The van der Waals surface area contributed by atoms with E-state index in [2.05, 4.69) is 0 Å². The Morgan fingerprint density at radius 2 is 1.12 bits per heavy atom. The SMILES string of the molecule is O=P(I)(Oc1ccccc1)Oc1ccccc1. The number of benzene rings is 2. The summed E-state index contributed by atoms with van der Waals surface area (Å²) in [6.07, 6.45) is 0. The minimum atomic E-state index is -3.17. The minimum Gasteiger partial charge on any atom is -0.409 e. The predicted molar refractivity (Wildman–Crippen MR) is 75.8 cm³/mol. The van der Waals surface area contributed by atoms with Gasteiger partial charge in [0.2, 0.25) is 0 Å². The molecule has 0 saturated heterocycles. The largest absolute Gasteiger partial charge is 0.490 e. The first-order valence-corrected chi connectivity index (χ1v) is 9.27. The highest BCUT2D eigenvalue weighted by molar-refractivity contribution is 14.2. The van der Waals surface area contributed by atoms with E-state index in [1.807, 2.05) is 36.4 Å². The van der Waals surface area contributed by atoms with Gasteiger partial charge in [0, 0.05) is 0 Å². The molecule has 0 N–H and O–H groups in total. The summed E-state index contributed by atoms with van der Waals surface area (Å²) in [5.41, 5.74) is 0. The van der Waals surface area contributed by atoms with Crippen LogP contribution in [0.3, 0.4) is 0 Å². The molecule has 0 saturated carbocycles. The molecule has 0 spiro atoms. The summed E-state index contributed by atoms with van der Waals surface area (Å²) in [6, 6.07) is 17.9. The van der Waals surface area contributed by atoms with E-state index in [0.717, 1.165) is 0 Å². The van der Waals surface area contributed by atoms with Crippen LogP contribution in [0.15, 0.2) is 60.7 Å². The Kier molecular flexibility index (Phi) is 4.07. The van der Waals surface area contributed by atoms with Gasteiger partial charge >= 0.3 is 5.24 Å². The summed E-state index contributed by atoms with van der Waals surface area (Å²) in [5, 5.41) is -3.17. The highest BCUT2D eigenvalue weighted by atomic mass is 127. The zero-order valence-electron chi connectivity index (χ0n) is 8.82. The first kappa shape index (κ1) is 12.5. The zero-order valence-corrected chi connectivity index (χ0v) is 11.9. The van der Waals surface area contributed by atoms with Crippen LogP contribution in [-0.4, -0.2) is 0 Å². The maximum atomic E-state index is 12.1. The van der Waals surface area contributed by atoms with Gasteiger partial charge in [0.15, 0.2) is 0 Å². The van der Waals surface area contributed by atoms with Crippen LogP contribution in [0.4, 0.5) is 0 Å². The van der Waals surface area contributed by atoms with E-state index >= 15 is 0 Å². The highest BCUT2D eigenvalue weighted by Crippen LogP contribution is 2.55. The van der Waals surface area contributed by atoms with Crippen molar-refractivity contribution in [1.29, 1.82) is 0 Å². The molecule has 0 radical (unpaired) electrons. The zero-order chi connectivity index (χ0) is 12.1. The van der Waals surface area contributed by atoms with Crippen molar-refractivity contribution in [3.8, 4) is 11.5 Å². The molecule has 0 unspecified atom stereocenters. The number of hydrogen-bond donors (Lipinski definition) is 0. The molecule has 17 heavy (non-hydrogen) atoms. The van der Waals surface area contributed by atoms with Gasteiger partial charge in [0.05, 0.1) is 22.0 Å². The Hall–Kier alpha value is -1.00. The number of rotatable bonds is 4. The summed E-state index contributed by atoms with van der Waals surface area (Å²) in [7, 11) is 0. The highest BCUT2D eigenvalue weighted by Gasteiger charge is 2.23. The topological polar surface area (TPSA) is 35.5 Å². The van der Waals surface area contributed by atoms with Gasteiger partial charge in [0.1, 0.15) is 11.5 Å². The molecule has 3 nitrogen and oxygen atoms in total. The van der Waals surface area contributed by atoms with Crippen molar-refractivity contribution in [3.05, 3.63) is 60.7 Å². The molecule has 0 heterocycles. The second kappa shape index (κ2) is 5.56. The molecule has 0 aromatic heterocycles. The van der Waals surface area contributed by atoms with E-state index in [0.29, 0.717) is 11.5 Å². The van der Waals surface area contributed by atoms with Gasteiger partial charge < -0.3 is 9.05 Å². The fraction of sp³-hybridized carbons (Fsp3) is 0. The van der Waals surface area contributed by atoms with E-state index in [-0.39, 0.29) is 0 Å². The molecule has 2 rings (SSSR count). The van der Waals surface area contributed by atoms with Gasteiger partial charge in [-0.05, 0) is 24.3 Å². The second-order valence-corrected chi connectivity index (χ2v) is 8.01. The molecule has 0 fully saturated rings. The van der Waals surface area contributed by atoms with E-state index in [1.54, 1.807) is 46.3 Å². The predicted octanol–water partition coefficient (Wildman–Crippen LogP) is 4.69. The molecule has 0 amide bonds. The summed E-state index contributed by atoms with van der Waals surface area (Å²) >= 11 is 1.69. The monoisotopic (exact) mass is 360 g/mol. The van der Waals surface area contributed by atoms with Crippen LogP contribution in [0.1, 0.15) is 0 Å². The van der Waals surface area contributed by atoms with Crippen molar-refractivity contribution in [2.45, 2.75) is 0 Å². The Morgan fingerprint density at radius 3 is 1.47 bits per heavy atom. The molecule has 5 heteroatoms. The molecule has 0 aliphatic rings. The standard InChI is InChI=1S/C12H10IO3P/c13-17(14,15-11-7-3-1-4-8-11)16-12-9-5-2-6-10-12/h1-10H. The van der Waals surface area contributed by atoms with Crippen molar-refractivity contribution in [1.82, 2.24) is 0 Å². The van der Waals surface area contributed by atoms with Gasteiger partial charge in [0.25, 0.3) is 0 Å². The average molecular weight is 360 g/mol. The first-order chi connectivity index (χ1) is 8.16. The smallest absolute Gasteiger partial charge is 0.409 e. The molecule has 0 bridgehead atoms. The second-order valence-electron chi connectivity index (χ2n) is 3.24. The summed E-state index contributed by atoms with van der Waals surface area (Å²) in [4.78, 5) is 0. The lowest BCUT2D eigenvalue weighted by Crippen LogP contribution is -1.94. The third kappa shape index (κ3) is 4.06. The molecule has 2 aromatic carbocycles.